The lowest BCUT2D eigenvalue weighted by Crippen LogP contribution is -2.37. The average molecular weight is 417 g/mol. The van der Waals surface area contributed by atoms with E-state index >= 15 is 0 Å². The number of hydrogen-bond acceptors (Lipinski definition) is 4. The maximum atomic E-state index is 12.5. The van der Waals surface area contributed by atoms with Crippen LogP contribution in [0.5, 0.6) is 0 Å². The molecule has 1 aromatic heterocycles. The van der Waals surface area contributed by atoms with Gasteiger partial charge in [0.2, 0.25) is 5.91 Å². The lowest BCUT2D eigenvalue weighted by Gasteiger charge is -2.16. The molecule has 1 atom stereocenters. The maximum Gasteiger partial charge on any atom is 0.285 e. The molecule has 2 rings (SSSR count). The van der Waals surface area contributed by atoms with Gasteiger partial charge in [-0.3, -0.25) is 9.59 Å². The third kappa shape index (κ3) is 4.38. The molecule has 6 nitrogen and oxygen atoms in total. The van der Waals surface area contributed by atoms with Crippen molar-refractivity contribution in [2.24, 2.45) is 0 Å². The van der Waals surface area contributed by atoms with Gasteiger partial charge in [-0.05, 0) is 43.0 Å². The smallest absolute Gasteiger partial charge is 0.285 e. The van der Waals surface area contributed by atoms with E-state index in [1.54, 1.807) is 0 Å². The van der Waals surface area contributed by atoms with Crippen molar-refractivity contribution >= 4 is 21.8 Å². The van der Waals surface area contributed by atoms with Crippen molar-refractivity contribution in [2.75, 3.05) is 0 Å². The van der Waals surface area contributed by atoms with Gasteiger partial charge < -0.3 is 5.32 Å². The molecule has 0 saturated heterocycles. The molecule has 2 aromatic rings. The van der Waals surface area contributed by atoms with Gasteiger partial charge in [0.15, 0.2) is 0 Å². The van der Waals surface area contributed by atoms with Crippen molar-refractivity contribution in [1.29, 1.82) is 5.26 Å². The average Bonchev–Trinajstić information content (AvgIpc) is 2.63. The standard InChI is InChI=1S/C19H21BrN4O2/c1-4-15-16(10-21)19(26)24(23-17(15)5-2)11-18(25)22-12(3)13-6-8-14(20)9-7-13/h6-9,12H,4-5,11H2,1-3H3,(H,22,25). The number of halogens is 1. The van der Waals surface area contributed by atoms with Crippen LogP contribution in [-0.2, 0) is 24.2 Å². The fourth-order valence-corrected chi connectivity index (χ4v) is 3.06. The number of carbonyl (C=O) groups is 1. The zero-order valence-electron chi connectivity index (χ0n) is 15.0. The molecule has 1 unspecified atom stereocenters. The molecule has 1 aromatic carbocycles. The normalized spacial score (nSPS) is 11.7. The molecule has 26 heavy (non-hydrogen) atoms. The summed E-state index contributed by atoms with van der Waals surface area (Å²) < 4.78 is 2.04. The zero-order valence-corrected chi connectivity index (χ0v) is 16.6. The summed E-state index contributed by atoms with van der Waals surface area (Å²) in [6.07, 6.45) is 1.15. The van der Waals surface area contributed by atoms with Crippen LogP contribution in [0.15, 0.2) is 33.5 Å². The summed E-state index contributed by atoms with van der Waals surface area (Å²) in [5.74, 6) is -0.329. The molecule has 0 bridgehead atoms. The second-order valence-corrected chi connectivity index (χ2v) is 6.84. The van der Waals surface area contributed by atoms with E-state index in [1.165, 1.54) is 0 Å². The summed E-state index contributed by atoms with van der Waals surface area (Å²) in [5, 5.41) is 16.5. The molecule has 0 fully saturated rings. The molecule has 1 heterocycles. The Hall–Kier alpha value is -2.46. The predicted octanol–water partition coefficient (Wildman–Crippen LogP) is 2.88. The highest BCUT2D eigenvalue weighted by molar-refractivity contribution is 9.10. The molecule has 136 valence electrons. The van der Waals surface area contributed by atoms with Crippen molar-refractivity contribution in [3.05, 3.63) is 61.5 Å². The summed E-state index contributed by atoms with van der Waals surface area (Å²) in [6, 6.07) is 9.40. The van der Waals surface area contributed by atoms with Crippen molar-refractivity contribution in [2.45, 2.75) is 46.2 Å². The Balaban J connectivity index is 2.22. The molecule has 1 N–H and O–H groups in total. The maximum absolute atomic E-state index is 12.5. The first-order valence-corrected chi connectivity index (χ1v) is 9.28. The highest BCUT2D eigenvalue weighted by Gasteiger charge is 2.17. The van der Waals surface area contributed by atoms with Crippen LogP contribution >= 0.6 is 15.9 Å². The van der Waals surface area contributed by atoms with Crippen LogP contribution in [0, 0.1) is 11.3 Å². The number of hydrogen-bond donors (Lipinski definition) is 1. The van der Waals surface area contributed by atoms with E-state index in [4.69, 9.17) is 0 Å². The first-order chi connectivity index (χ1) is 12.4. The van der Waals surface area contributed by atoms with Gasteiger partial charge in [-0.2, -0.15) is 10.4 Å². The summed E-state index contributed by atoms with van der Waals surface area (Å²) in [4.78, 5) is 24.8. The molecular weight excluding hydrogens is 396 g/mol. The van der Waals surface area contributed by atoms with Crippen molar-refractivity contribution in [3.8, 4) is 6.07 Å². The number of aryl methyl sites for hydroxylation is 1. The van der Waals surface area contributed by atoms with E-state index in [0.29, 0.717) is 24.1 Å². The first-order valence-electron chi connectivity index (χ1n) is 8.49. The summed E-state index contributed by atoms with van der Waals surface area (Å²) >= 11 is 3.38. The Labute approximate surface area is 161 Å². The third-order valence-corrected chi connectivity index (χ3v) is 4.71. The molecule has 1 amide bonds. The van der Waals surface area contributed by atoms with Gasteiger partial charge in [0, 0.05) is 4.47 Å². The topological polar surface area (TPSA) is 87.8 Å². The minimum absolute atomic E-state index is 0.0770. The Kier molecular flexibility index (Phi) is 6.70. The molecular formula is C19H21BrN4O2. The van der Waals surface area contributed by atoms with Crippen LogP contribution in [0.4, 0.5) is 0 Å². The number of nitrogens with zero attached hydrogens (tertiary/aromatic N) is 3. The van der Waals surface area contributed by atoms with Crippen molar-refractivity contribution in [1.82, 2.24) is 15.1 Å². The van der Waals surface area contributed by atoms with E-state index < -0.39 is 5.56 Å². The number of carbonyl (C=O) groups excluding carboxylic acids is 1. The summed E-state index contributed by atoms with van der Waals surface area (Å²) in [7, 11) is 0. The molecule has 0 saturated carbocycles. The second kappa shape index (κ2) is 8.77. The summed E-state index contributed by atoms with van der Waals surface area (Å²) in [5.41, 5.74) is 1.86. The monoisotopic (exact) mass is 416 g/mol. The van der Waals surface area contributed by atoms with Crippen LogP contribution < -0.4 is 10.9 Å². The molecule has 0 aliphatic carbocycles. The van der Waals surface area contributed by atoms with Crippen molar-refractivity contribution < 1.29 is 4.79 Å². The minimum atomic E-state index is -0.520. The number of rotatable bonds is 6. The minimum Gasteiger partial charge on any atom is -0.348 e. The van der Waals surface area contributed by atoms with E-state index in [0.717, 1.165) is 14.7 Å². The van der Waals surface area contributed by atoms with Crippen LogP contribution in [-0.4, -0.2) is 15.7 Å². The number of amides is 1. The van der Waals surface area contributed by atoms with Crippen molar-refractivity contribution in [3.63, 3.8) is 0 Å². The highest BCUT2D eigenvalue weighted by atomic mass is 79.9. The van der Waals surface area contributed by atoms with Gasteiger partial charge in [0.25, 0.3) is 5.56 Å². The number of nitriles is 1. The molecule has 7 heteroatoms. The van der Waals surface area contributed by atoms with Gasteiger partial charge in [0.1, 0.15) is 18.2 Å². The van der Waals surface area contributed by atoms with E-state index in [1.807, 2.05) is 51.1 Å². The Morgan fingerprint density at radius 1 is 1.31 bits per heavy atom. The predicted molar refractivity (Wildman–Crippen MR) is 103 cm³/mol. The Morgan fingerprint density at radius 3 is 2.50 bits per heavy atom. The molecule has 0 radical (unpaired) electrons. The quantitative estimate of drug-likeness (QED) is 0.783. The Morgan fingerprint density at radius 2 is 1.96 bits per heavy atom. The van der Waals surface area contributed by atoms with Crippen LogP contribution in [0.25, 0.3) is 0 Å². The van der Waals surface area contributed by atoms with Gasteiger partial charge in [-0.1, -0.05) is 41.9 Å². The zero-order chi connectivity index (χ0) is 19.3. The Bertz CT molecular complexity index is 897. The SMILES string of the molecule is CCc1nn(CC(=O)NC(C)c2ccc(Br)cc2)c(=O)c(C#N)c1CC. The lowest BCUT2D eigenvalue weighted by molar-refractivity contribution is -0.122. The van der Waals surface area contributed by atoms with Gasteiger partial charge in [-0.25, -0.2) is 4.68 Å². The fraction of sp³-hybridized carbons (Fsp3) is 0.368. The van der Waals surface area contributed by atoms with Crippen LogP contribution in [0.3, 0.4) is 0 Å². The molecule has 0 aliphatic rings. The highest BCUT2D eigenvalue weighted by Crippen LogP contribution is 2.16. The second-order valence-electron chi connectivity index (χ2n) is 5.92. The largest absolute Gasteiger partial charge is 0.348 e. The van der Waals surface area contributed by atoms with Crippen LogP contribution in [0.2, 0.25) is 0 Å². The van der Waals surface area contributed by atoms with E-state index in [-0.39, 0.29) is 24.1 Å². The summed E-state index contributed by atoms with van der Waals surface area (Å²) in [6.45, 7) is 5.45. The van der Waals surface area contributed by atoms with E-state index in [9.17, 15) is 14.9 Å². The van der Waals surface area contributed by atoms with E-state index in [2.05, 4.69) is 26.3 Å². The lowest BCUT2D eigenvalue weighted by atomic mass is 10.0. The van der Waals surface area contributed by atoms with Gasteiger partial charge in [0.05, 0.1) is 11.7 Å². The van der Waals surface area contributed by atoms with Gasteiger partial charge in [-0.15, -0.1) is 0 Å². The fourth-order valence-electron chi connectivity index (χ4n) is 2.80. The number of aromatic nitrogens is 2. The third-order valence-electron chi connectivity index (χ3n) is 4.18. The first kappa shape index (κ1) is 19.9. The van der Waals surface area contributed by atoms with Gasteiger partial charge >= 0.3 is 0 Å². The number of nitrogens with one attached hydrogen (secondary N) is 1. The molecule has 0 aliphatic heterocycles. The van der Waals surface area contributed by atoms with Crippen LogP contribution in [0.1, 0.15) is 49.2 Å². The molecule has 0 spiro atoms. The number of benzene rings is 1.